The highest BCUT2D eigenvalue weighted by Crippen LogP contribution is 2.28. The Morgan fingerprint density at radius 3 is 1.97 bits per heavy atom. The number of halogens is 3. The van der Waals surface area contributed by atoms with Crippen molar-refractivity contribution in [3.8, 4) is 17.2 Å². The molecule has 29 heavy (non-hydrogen) atoms. The highest BCUT2D eigenvalue weighted by molar-refractivity contribution is 6.05. The number of rotatable bonds is 5. The van der Waals surface area contributed by atoms with Gasteiger partial charge in [0, 0.05) is 11.4 Å². The minimum atomic E-state index is -4.74. The third kappa shape index (κ3) is 5.71. The van der Waals surface area contributed by atoms with Crippen LogP contribution in [-0.2, 0) is 0 Å². The van der Waals surface area contributed by atoms with Gasteiger partial charge in [-0.25, -0.2) is 0 Å². The second-order valence-corrected chi connectivity index (χ2v) is 6.19. The van der Waals surface area contributed by atoms with Gasteiger partial charge in [-0.1, -0.05) is 0 Å². The van der Waals surface area contributed by atoms with Crippen LogP contribution >= 0.6 is 0 Å². The highest BCUT2D eigenvalue weighted by Gasteiger charge is 2.30. The molecule has 2 aromatic carbocycles. The van der Waals surface area contributed by atoms with E-state index in [-0.39, 0.29) is 11.7 Å². The number of benzene rings is 2. The molecule has 5 nitrogen and oxygen atoms in total. The van der Waals surface area contributed by atoms with E-state index < -0.39 is 6.36 Å². The Morgan fingerprint density at radius 1 is 0.862 bits per heavy atom. The van der Waals surface area contributed by atoms with Crippen LogP contribution in [0.2, 0.25) is 0 Å². The number of nitrogens with zero attached hydrogens (tertiary/aromatic N) is 1. The van der Waals surface area contributed by atoms with Crippen molar-refractivity contribution in [1.82, 2.24) is 4.98 Å². The molecule has 0 unspecified atom stereocenters. The average Bonchev–Trinajstić information content (AvgIpc) is 2.63. The summed E-state index contributed by atoms with van der Waals surface area (Å²) in [6.45, 7) is 3.62. The highest BCUT2D eigenvalue weighted by atomic mass is 19.4. The molecule has 0 fully saturated rings. The zero-order chi connectivity index (χ0) is 21.0. The van der Waals surface area contributed by atoms with E-state index in [0.29, 0.717) is 28.4 Å². The minimum Gasteiger partial charge on any atom is -0.457 e. The van der Waals surface area contributed by atoms with Crippen molar-refractivity contribution in [2.24, 2.45) is 0 Å². The third-order valence-corrected chi connectivity index (χ3v) is 3.87. The smallest absolute Gasteiger partial charge is 0.457 e. The molecule has 1 amide bonds. The predicted octanol–water partition coefficient (Wildman–Crippen LogP) is 5.64. The molecule has 0 radical (unpaired) electrons. The van der Waals surface area contributed by atoms with Gasteiger partial charge in [-0.2, -0.15) is 0 Å². The van der Waals surface area contributed by atoms with Gasteiger partial charge in [0.15, 0.2) is 0 Å². The standard InChI is InChI=1S/C21H17F3N2O3/c1-13-3-12-19(14(2)25-13)20(27)26-15-4-6-16(7-5-15)28-17-8-10-18(11-9-17)29-21(22,23)24/h3-12H,1-2H3,(H,26,27). The van der Waals surface area contributed by atoms with E-state index in [1.165, 1.54) is 12.1 Å². The molecule has 3 rings (SSSR count). The Kier molecular flexibility index (Phi) is 5.72. The number of aryl methyl sites for hydroxylation is 2. The summed E-state index contributed by atoms with van der Waals surface area (Å²) in [6.07, 6.45) is -4.74. The van der Waals surface area contributed by atoms with Gasteiger partial charge in [0.25, 0.3) is 5.91 Å². The van der Waals surface area contributed by atoms with E-state index in [4.69, 9.17) is 4.74 Å². The van der Waals surface area contributed by atoms with Crippen LogP contribution in [0.1, 0.15) is 21.7 Å². The molecule has 8 heteroatoms. The van der Waals surface area contributed by atoms with Gasteiger partial charge >= 0.3 is 6.36 Å². The predicted molar refractivity (Wildman–Crippen MR) is 101 cm³/mol. The average molecular weight is 402 g/mol. The van der Waals surface area contributed by atoms with Crippen LogP contribution in [-0.4, -0.2) is 17.3 Å². The summed E-state index contributed by atoms with van der Waals surface area (Å²) in [4.78, 5) is 16.6. The van der Waals surface area contributed by atoms with Crippen molar-refractivity contribution in [3.05, 3.63) is 77.6 Å². The van der Waals surface area contributed by atoms with Crippen LogP contribution in [0.4, 0.5) is 18.9 Å². The van der Waals surface area contributed by atoms with Gasteiger partial charge in [0.1, 0.15) is 17.2 Å². The molecular formula is C21H17F3N2O3. The van der Waals surface area contributed by atoms with E-state index in [1.54, 1.807) is 43.3 Å². The fourth-order valence-electron chi connectivity index (χ4n) is 2.58. The lowest BCUT2D eigenvalue weighted by Crippen LogP contribution is -2.16. The summed E-state index contributed by atoms with van der Waals surface area (Å²) in [5.41, 5.74) is 2.52. The Balaban J connectivity index is 1.62. The van der Waals surface area contributed by atoms with Crippen molar-refractivity contribution in [2.45, 2.75) is 20.2 Å². The molecule has 1 heterocycles. The second kappa shape index (κ2) is 8.22. The summed E-state index contributed by atoms with van der Waals surface area (Å²) in [7, 11) is 0. The Labute approximate surface area is 165 Å². The van der Waals surface area contributed by atoms with Gasteiger partial charge in [-0.05, 0) is 74.5 Å². The number of hydrogen-bond donors (Lipinski definition) is 1. The van der Waals surface area contributed by atoms with Crippen molar-refractivity contribution in [2.75, 3.05) is 5.32 Å². The molecule has 3 aromatic rings. The number of alkyl halides is 3. The van der Waals surface area contributed by atoms with Crippen molar-refractivity contribution in [3.63, 3.8) is 0 Å². The lowest BCUT2D eigenvalue weighted by molar-refractivity contribution is -0.274. The molecular weight excluding hydrogens is 385 g/mol. The molecule has 1 N–H and O–H groups in total. The number of carbonyl (C=O) groups excluding carboxylic acids is 1. The van der Waals surface area contributed by atoms with E-state index in [9.17, 15) is 18.0 Å². The van der Waals surface area contributed by atoms with Crippen molar-refractivity contribution >= 4 is 11.6 Å². The number of hydrogen-bond acceptors (Lipinski definition) is 4. The van der Waals surface area contributed by atoms with Crippen LogP contribution in [0, 0.1) is 13.8 Å². The van der Waals surface area contributed by atoms with Gasteiger partial charge in [0.2, 0.25) is 0 Å². The Bertz CT molecular complexity index is 1000. The number of carbonyl (C=O) groups is 1. The largest absolute Gasteiger partial charge is 0.573 e. The molecule has 0 atom stereocenters. The van der Waals surface area contributed by atoms with Crippen LogP contribution in [0.5, 0.6) is 17.2 Å². The van der Waals surface area contributed by atoms with E-state index in [2.05, 4.69) is 15.0 Å². The first-order valence-corrected chi connectivity index (χ1v) is 8.59. The molecule has 0 saturated carbocycles. The zero-order valence-corrected chi connectivity index (χ0v) is 15.6. The molecule has 0 aliphatic heterocycles. The van der Waals surface area contributed by atoms with Crippen LogP contribution < -0.4 is 14.8 Å². The fraction of sp³-hybridized carbons (Fsp3) is 0.143. The maximum absolute atomic E-state index is 12.4. The number of amides is 1. The normalized spacial score (nSPS) is 11.1. The first-order chi connectivity index (χ1) is 13.7. The molecule has 150 valence electrons. The summed E-state index contributed by atoms with van der Waals surface area (Å²) in [5.74, 6) is 0.200. The van der Waals surface area contributed by atoms with Crippen LogP contribution in [0.15, 0.2) is 60.7 Å². The van der Waals surface area contributed by atoms with E-state index in [0.717, 1.165) is 17.8 Å². The summed E-state index contributed by atoms with van der Waals surface area (Å²) >= 11 is 0. The molecule has 0 aliphatic carbocycles. The van der Waals surface area contributed by atoms with Crippen LogP contribution in [0.3, 0.4) is 0 Å². The first kappa shape index (κ1) is 20.2. The Morgan fingerprint density at radius 2 is 1.41 bits per heavy atom. The first-order valence-electron chi connectivity index (χ1n) is 8.59. The number of ether oxygens (including phenoxy) is 2. The summed E-state index contributed by atoms with van der Waals surface area (Å²) in [5, 5.41) is 2.78. The van der Waals surface area contributed by atoms with Crippen LogP contribution in [0.25, 0.3) is 0 Å². The van der Waals surface area contributed by atoms with Gasteiger partial charge in [0.05, 0.1) is 11.3 Å². The lowest BCUT2D eigenvalue weighted by Gasteiger charge is -2.11. The van der Waals surface area contributed by atoms with Gasteiger partial charge in [-0.15, -0.1) is 13.2 Å². The SMILES string of the molecule is Cc1ccc(C(=O)Nc2ccc(Oc3ccc(OC(F)(F)F)cc3)cc2)c(C)n1. The topological polar surface area (TPSA) is 60.5 Å². The number of aromatic nitrogens is 1. The fourth-order valence-corrected chi connectivity index (χ4v) is 2.58. The monoisotopic (exact) mass is 402 g/mol. The van der Waals surface area contributed by atoms with Gasteiger partial charge < -0.3 is 14.8 Å². The number of pyridine rings is 1. The summed E-state index contributed by atoms with van der Waals surface area (Å²) < 4.78 is 45.9. The molecule has 0 bridgehead atoms. The zero-order valence-electron chi connectivity index (χ0n) is 15.6. The second-order valence-electron chi connectivity index (χ2n) is 6.19. The van der Waals surface area contributed by atoms with Gasteiger partial charge in [-0.3, -0.25) is 9.78 Å². The minimum absolute atomic E-state index is 0.274. The van der Waals surface area contributed by atoms with Crippen molar-refractivity contribution < 1.29 is 27.4 Å². The molecule has 0 saturated heterocycles. The quantitative estimate of drug-likeness (QED) is 0.600. The maximum Gasteiger partial charge on any atom is 0.573 e. The summed E-state index contributed by atoms with van der Waals surface area (Å²) in [6, 6.07) is 15.1. The van der Waals surface area contributed by atoms with E-state index >= 15 is 0 Å². The maximum atomic E-state index is 12.4. The number of anilines is 1. The molecule has 0 spiro atoms. The number of nitrogens with one attached hydrogen (secondary N) is 1. The lowest BCUT2D eigenvalue weighted by atomic mass is 10.1. The van der Waals surface area contributed by atoms with E-state index in [1.807, 2.05) is 6.92 Å². The third-order valence-electron chi connectivity index (χ3n) is 3.87. The Hall–Kier alpha value is -3.55. The molecule has 1 aromatic heterocycles. The van der Waals surface area contributed by atoms with Crippen molar-refractivity contribution in [1.29, 1.82) is 0 Å². The molecule has 0 aliphatic rings.